The smallest absolute Gasteiger partial charge is 0.243 e. The minimum absolute atomic E-state index is 0.0317. The van der Waals surface area contributed by atoms with Crippen molar-refractivity contribution in [2.45, 2.75) is 32.9 Å². The highest BCUT2D eigenvalue weighted by atomic mass is 35.5. The van der Waals surface area contributed by atoms with Crippen molar-refractivity contribution in [2.75, 3.05) is 6.54 Å². The monoisotopic (exact) mass is 328 g/mol. The predicted octanol–water partition coefficient (Wildman–Crippen LogP) is 2.87. The van der Waals surface area contributed by atoms with Crippen LogP contribution in [0.5, 0.6) is 0 Å². The molecule has 1 fully saturated rings. The van der Waals surface area contributed by atoms with Gasteiger partial charge in [0.25, 0.3) is 0 Å². The molecule has 0 spiro atoms. The molecule has 0 saturated carbocycles. The molecule has 2 amide bonds. The lowest BCUT2D eigenvalue weighted by atomic mass is 9.94. The van der Waals surface area contributed by atoms with Crippen LogP contribution < -0.4 is 5.32 Å². The zero-order chi connectivity index (χ0) is 15.6. The summed E-state index contributed by atoms with van der Waals surface area (Å²) in [6.07, 6.45) is 0.811. The number of nitrogens with one attached hydrogen (secondary N) is 1. The van der Waals surface area contributed by atoms with E-state index < -0.39 is 6.04 Å². The Morgan fingerprint density at radius 3 is 2.76 bits per heavy atom. The molecule has 4 nitrogen and oxygen atoms in total. The number of piperazine rings is 1. The third kappa shape index (κ3) is 3.50. The number of carbonyl (C=O) groups excluding carboxylic acids is 2. The first-order valence-corrected chi connectivity index (χ1v) is 7.70. The van der Waals surface area contributed by atoms with Crippen LogP contribution in [-0.2, 0) is 16.1 Å². The van der Waals surface area contributed by atoms with Gasteiger partial charge in [0.15, 0.2) is 0 Å². The lowest BCUT2D eigenvalue weighted by Crippen LogP contribution is -2.60. The largest absolute Gasteiger partial charge is 0.345 e. The average Bonchev–Trinajstić information content (AvgIpc) is 2.46. The summed E-state index contributed by atoms with van der Waals surface area (Å²) in [6, 6.07) is 4.67. The normalized spacial score (nSPS) is 20.4. The minimum Gasteiger partial charge on any atom is -0.345 e. The molecule has 0 radical (unpaired) electrons. The van der Waals surface area contributed by atoms with Crippen LogP contribution in [0.4, 0.5) is 0 Å². The summed E-state index contributed by atoms with van der Waals surface area (Å²) in [5.41, 5.74) is 0.750. The molecule has 0 aromatic heterocycles. The molecule has 1 heterocycles. The van der Waals surface area contributed by atoms with E-state index in [1.54, 1.807) is 23.1 Å². The fraction of sp³-hybridized carbons (Fsp3) is 0.467. The topological polar surface area (TPSA) is 49.4 Å². The number of hydrogen-bond acceptors (Lipinski definition) is 2. The lowest BCUT2D eigenvalue weighted by molar-refractivity contribution is -0.148. The van der Waals surface area contributed by atoms with Gasteiger partial charge in [-0.1, -0.05) is 43.5 Å². The summed E-state index contributed by atoms with van der Waals surface area (Å²) in [6.45, 7) is 4.29. The Morgan fingerprint density at radius 2 is 2.10 bits per heavy atom. The van der Waals surface area contributed by atoms with E-state index in [0.29, 0.717) is 16.6 Å². The maximum absolute atomic E-state index is 12.2. The molecule has 0 aliphatic carbocycles. The Morgan fingerprint density at radius 1 is 1.38 bits per heavy atom. The van der Waals surface area contributed by atoms with Crippen molar-refractivity contribution in [1.29, 1.82) is 0 Å². The van der Waals surface area contributed by atoms with Gasteiger partial charge in [0.05, 0.1) is 6.54 Å². The Bertz CT molecular complexity index is 563. The number of rotatable bonds is 4. The number of carbonyl (C=O) groups is 2. The van der Waals surface area contributed by atoms with Gasteiger partial charge in [-0.15, -0.1) is 0 Å². The molecule has 1 N–H and O–H groups in total. The minimum atomic E-state index is -0.466. The van der Waals surface area contributed by atoms with Crippen LogP contribution in [0.25, 0.3) is 0 Å². The molecular weight excluding hydrogens is 311 g/mol. The number of hydrogen-bond donors (Lipinski definition) is 1. The second-order valence-corrected chi connectivity index (χ2v) is 6.15. The van der Waals surface area contributed by atoms with Gasteiger partial charge < -0.3 is 10.2 Å². The van der Waals surface area contributed by atoms with E-state index in [1.165, 1.54) is 0 Å². The fourth-order valence-electron chi connectivity index (χ4n) is 2.49. The van der Waals surface area contributed by atoms with E-state index in [9.17, 15) is 9.59 Å². The molecule has 114 valence electrons. The molecule has 1 aromatic rings. The number of halogens is 2. The maximum Gasteiger partial charge on any atom is 0.243 e. The first kappa shape index (κ1) is 16.1. The van der Waals surface area contributed by atoms with Crippen molar-refractivity contribution < 1.29 is 9.59 Å². The van der Waals surface area contributed by atoms with Crippen LogP contribution in [0.3, 0.4) is 0 Å². The average molecular weight is 329 g/mol. The molecule has 21 heavy (non-hydrogen) atoms. The zero-order valence-corrected chi connectivity index (χ0v) is 13.5. The van der Waals surface area contributed by atoms with Gasteiger partial charge >= 0.3 is 0 Å². The Labute approximate surface area is 134 Å². The number of amides is 2. The van der Waals surface area contributed by atoms with E-state index in [0.717, 1.165) is 12.0 Å². The summed E-state index contributed by atoms with van der Waals surface area (Å²) in [5, 5.41) is 3.75. The van der Waals surface area contributed by atoms with Crippen molar-refractivity contribution in [2.24, 2.45) is 5.92 Å². The standard InChI is InChI=1S/C15H18Cl2N2O2/c1-3-9(2)14-15(21)18-7-13(20)19(14)8-10-6-11(16)4-5-12(10)17/h4-6,9,14H,3,7-8H2,1-2H3,(H,18,21). The third-order valence-corrected chi connectivity index (χ3v) is 4.47. The van der Waals surface area contributed by atoms with Crippen molar-refractivity contribution >= 4 is 35.0 Å². The van der Waals surface area contributed by atoms with Gasteiger partial charge in [0.1, 0.15) is 6.04 Å². The maximum atomic E-state index is 12.2. The molecule has 1 aromatic carbocycles. The summed E-state index contributed by atoms with van der Waals surface area (Å²) in [5.74, 6) is -0.134. The van der Waals surface area contributed by atoms with Gasteiger partial charge in [-0.2, -0.15) is 0 Å². The summed E-state index contributed by atoms with van der Waals surface area (Å²) >= 11 is 12.1. The lowest BCUT2D eigenvalue weighted by Gasteiger charge is -2.38. The van der Waals surface area contributed by atoms with Crippen LogP contribution in [0.15, 0.2) is 18.2 Å². The van der Waals surface area contributed by atoms with Gasteiger partial charge in [-0.25, -0.2) is 0 Å². The Balaban J connectivity index is 2.30. The zero-order valence-electron chi connectivity index (χ0n) is 12.0. The van der Waals surface area contributed by atoms with E-state index >= 15 is 0 Å². The highest BCUT2D eigenvalue weighted by Crippen LogP contribution is 2.26. The van der Waals surface area contributed by atoms with Crippen LogP contribution in [-0.4, -0.2) is 29.3 Å². The van der Waals surface area contributed by atoms with Crippen molar-refractivity contribution in [3.05, 3.63) is 33.8 Å². The van der Waals surface area contributed by atoms with Crippen LogP contribution in [0.1, 0.15) is 25.8 Å². The van der Waals surface area contributed by atoms with Crippen molar-refractivity contribution in [3.63, 3.8) is 0 Å². The first-order chi connectivity index (χ1) is 9.93. The van der Waals surface area contributed by atoms with E-state index in [1.807, 2.05) is 13.8 Å². The molecule has 1 aliphatic heterocycles. The fourth-order valence-corrected chi connectivity index (χ4v) is 2.86. The summed E-state index contributed by atoms with van der Waals surface area (Å²) in [7, 11) is 0. The second kappa shape index (κ2) is 6.67. The molecule has 2 atom stereocenters. The third-order valence-electron chi connectivity index (χ3n) is 3.87. The molecule has 2 unspecified atom stereocenters. The molecule has 1 aliphatic rings. The van der Waals surface area contributed by atoms with Crippen molar-refractivity contribution in [3.8, 4) is 0 Å². The first-order valence-electron chi connectivity index (χ1n) is 6.95. The van der Waals surface area contributed by atoms with Crippen LogP contribution >= 0.6 is 23.2 Å². The summed E-state index contributed by atoms with van der Waals surface area (Å²) < 4.78 is 0. The van der Waals surface area contributed by atoms with Gasteiger partial charge in [0, 0.05) is 16.6 Å². The Hall–Kier alpha value is -1.26. The van der Waals surface area contributed by atoms with Crippen molar-refractivity contribution in [1.82, 2.24) is 10.2 Å². The number of benzene rings is 1. The molecule has 1 saturated heterocycles. The SMILES string of the molecule is CCC(C)C1C(=O)NCC(=O)N1Cc1cc(Cl)ccc1Cl. The highest BCUT2D eigenvalue weighted by Gasteiger charge is 2.37. The van der Waals surface area contributed by atoms with E-state index in [2.05, 4.69) is 5.32 Å². The Kier molecular flexibility index (Phi) is 5.12. The number of nitrogens with zero attached hydrogens (tertiary/aromatic N) is 1. The van der Waals surface area contributed by atoms with Crippen LogP contribution in [0.2, 0.25) is 10.0 Å². The van der Waals surface area contributed by atoms with E-state index in [4.69, 9.17) is 23.2 Å². The van der Waals surface area contributed by atoms with Gasteiger partial charge in [-0.05, 0) is 29.7 Å². The predicted molar refractivity (Wildman–Crippen MR) is 83.3 cm³/mol. The second-order valence-electron chi connectivity index (χ2n) is 5.31. The highest BCUT2D eigenvalue weighted by molar-refractivity contribution is 6.33. The quantitative estimate of drug-likeness (QED) is 0.923. The molecule has 0 bridgehead atoms. The van der Waals surface area contributed by atoms with E-state index in [-0.39, 0.29) is 24.3 Å². The van der Waals surface area contributed by atoms with Crippen LogP contribution in [0, 0.1) is 5.92 Å². The summed E-state index contributed by atoms with van der Waals surface area (Å²) in [4.78, 5) is 25.9. The molecule has 2 rings (SSSR count). The van der Waals surface area contributed by atoms with Gasteiger partial charge in [-0.3, -0.25) is 9.59 Å². The molecular formula is C15H18Cl2N2O2. The molecule has 6 heteroatoms. The van der Waals surface area contributed by atoms with Gasteiger partial charge in [0.2, 0.25) is 11.8 Å².